The first-order chi connectivity index (χ1) is 11.4. The van der Waals surface area contributed by atoms with Crippen LogP contribution >= 0.6 is 22.9 Å². The minimum absolute atomic E-state index is 0.156. The van der Waals surface area contributed by atoms with Crippen molar-refractivity contribution in [3.8, 4) is 10.6 Å². The number of hydrogen-bond donors (Lipinski definition) is 1. The predicted octanol–water partition coefficient (Wildman–Crippen LogP) is 3.59. The Balaban J connectivity index is 1.82. The van der Waals surface area contributed by atoms with Crippen LogP contribution < -0.4 is 4.72 Å². The molecule has 0 aliphatic carbocycles. The predicted molar refractivity (Wildman–Crippen MR) is 96.7 cm³/mol. The Morgan fingerprint density at radius 1 is 1.29 bits per heavy atom. The third kappa shape index (κ3) is 3.39. The summed E-state index contributed by atoms with van der Waals surface area (Å²) in [5, 5.41) is 6.84. The molecule has 0 aliphatic heterocycles. The molecule has 0 spiro atoms. The topological polar surface area (TPSA) is 64.0 Å². The van der Waals surface area contributed by atoms with Crippen molar-refractivity contribution >= 4 is 33.0 Å². The Morgan fingerprint density at radius 2 is 2.08 bits per heavy atom. The molecule has 0 atom stereocenters. The lowest BCUT2D eigenvalue weighted by Gasteiger charge is -2.10. The summed E-state index contributed by atoms with van der Waals surface area (Å²) in [5.74, 6) is 0. The van der Waals surface area contributed by atoms with Crippen molar-refractivity contribution in [1.82, 2.24) is 14.5 Å². The molecule has 0 bridgehead atoms. The molecular formula is C16H16ClN3O2S2. The maximum Gasteiger partial charge on any atom is 0.241 e. The summed E-state index contributed by atoms with van der Waals surface area (Å²) >= 11 is 7.61. The molecule has 126 valence electrons. The SMILES string of the molecule is Cc1c(Cl)cccc1S(=O)(=O)NCc1cc(-c2cccs2)nn1C. The van der Waals surface area contributed by atoms with E-state index in [0.717, 1.165) is 16.3 Å². The largest absolute Gasteiger partial charge is 0.271 e. The molecule has 2 heterocycles. The van der Waals surface area contributed by atoms with E-state index >= 15 is 0 Å². The first kappa shape index (κ1) is 17.2. The average Bonchev–Trinajstić information content (AvgIpc) is 3.17. The fourth-order valence-electron chi connectivity index (χ4n) is 2.34. The molecule has 0 amide bonds. The van der Waals surface area contributed by atoms with Gasteiger partial charge in [-0.05, 0) is 42.1 Å². The lowest BCUT2D eigenvalue weighted by atomic mass is 10.2. The van der Waals surface area contributed by atoms with Gasteiger partial charge in [-0.3, -0.25) is 4.68 Å². The first-order valence-electron chi connectivity index (χ1n) is 7.20. The Morgan fingerprint density at radius 3 is 2.79 bits per heavy atom. The molecule has 5 nitrogen and oxygen atoms in total. The molecule has 3 rings (SSSR count). The van der Waals surface area contributed by atoms with Crippen molar-refractivity contribution in [1.29, 1.82) is 0 Å². The van der Waals surface area contributed by atoms with E-state index in [9.17, 15) is 8.42 Å². The van der Waals surface area contributed by atoms with Crippen LogP contribution in [0.25, 0.3) is 10.6 Å². The zero-order chi connectivity index (χ0) is 17.3. The van der Waals surface area contributed by atoms with Gasteiger partial charge in [0.2, 0.25) is 10.0 Å². The summed E-state index contributed by atoms with van der Waals surface area (Å²) < 4.78 is 29.4. The van der Waals surface area contributed by atoms with Gasteiger partial charge >= 0.3 is 0 Å². The minimum Gasteiger partial charge on any atom is -0.271 e. The van der Waals surface area contributed by atoms with Crippen molar-refractivity contribution < 1.29 is 8.42 Å². The number of halogens is 1. The number of aromatic nitrogens is 2. The van der Waals surface area contributed by atoms with Gasteiger partial charge in [0.1, 0.15) is 5.69 Å². The number of nitrogens with zero attached hydrogens (tertiary/aromatic N) is 2. The van der Waals surface area contributed by atoms with Gasteiger partial charge in [-0.2, -0.15) is 5.10 Å². The van der Waals surface area contributed by atoms with Crippen LogP contribution in [0.1, 0.15) is 11.3 Å². The van der Waals surface area contributed by atoms with Crippen LogP contribution in [0.4, 0.5) is 0 Å². The van der Waals surface area contributed by atoms with Crippen LogP contribution in [-0.2, 0) is 23.6 Å². The van der Waals surface area contributed by atoms with Crippen molar-refractivity contribution in [3.05, 3.63) is 58.1 Å². The summed E-state index contributed by atoms with van der Waals surface area (Å²) in [6, 6.07) is 10.7. The standard InChI is InChI=1S/C16H16ClN3O2S2/c1-11-13(17)5-3-7-16(11)24(21,22)18-10-12-9-14(19-20(12)2)15-6-4-8-23-15/h3-9,18H,10H2,1-2H3. The second kappa shape index (κ2) is 6.68. The molecular weight excluding hydrogens is 366 g/mol. The zero-order valence-corrected chi connectivity index (χ0v) is 15.5. The monoisotopic (exact) mass is 381 g/mol. The quantitative estimate of drug-likeness (QED) is 0.734. The first-order valence-corrected chi connectivity index (χ1v) is 9.94. The molecule has 0 saturated heterocycles. The molecule has 3 aromatic rings. The van der Waals surface area contributed by atoms with Crippen LogP contribution in [-0.4, -0.2) is 18.2 Å². The van der Waals surface area contributed by atoms with Crippen LogP contribution in [0.2, 0.25) is 5.02 Å². The van der Waals surface area contributed by atoms with E-state index in [-0.39, 0.29) is 11.4 Å². The third-order valence-electron chi connectivity index (χ3n) is 3.70. The molecule has 24 heavy (non-hydrogen) atoms. The van der Waals surface area contributed by atoms with E-state index in [2.05, 4.69) is 9.82 Å². The number of benzene rings is 1. The van der Waals surface area contributed by atoms with Crippen LogP contribution in [0.15, 0.2) is 46.7 Å². The van der Waals surface area contributed by atoms with Crippen LogP contribution in [0, 0.1) is 6.92 Å². The highest BCUT2D eigenvalue weighted by atomic mass is 35.5. The molecule has 1 N–H and O–H groups in total. The van der Waals surface area contributed by atoms with Gasteiger partial charge in [-0.15, -0.1) is 11.3 Å². The molecule has 0 fully saturated rings. The van der Waals surface area contributed by atoms with Crippen molar-refractivity contribution in [2.75, 3.05) is 0 Å². The number of sulfonamides is 1. The van der Waals surface area contributed by atoms with E-state index in [1.807, 2.05) is 23.6 Å². The van der Waals surface area contributed by atoms with Crippen LogP contribution in [0.3, 0.4) is 0 Å². The smallest absolute Gasteiger partial charge is 0.241 e. The Hall–Kier alpha value is -1.67. The Kier molecular flexibility index (Phi) is 4.78. The minimum atomic E-state index is -3.65. The van der Waals surface area contributed by atoms with Gasteiger partial charge in [0.05, 0.1) is 22.0 Å². The van der Waals surface area contributed by atoms with Crippen LogP contribution in [0.5, 0.6) is 0 Å². The second-order valence-corrected chi connectivity index (χ2v) is 8.40. The summed E-state index contributed by atoms with van der Waals surface area (Å²) in [4.78, 5) is 1.24. The highest BCUT2D eigenvalue weighted by molar-refractivity contribution is 7.89. The molecule has 1 aromatic carbocycles. The molecule has 0 aliphatic rings. The van der Waals surface area contributed by atoms with E-state index < -0.39 is 10.0 Å². The maximum atomic E-state index is 12.5. The lowest BCUT2D eigenvalue weighted by Crippen LogP contribution is -2.25. The lowest BCUT2D eigenvalue weighted by molar-refractivity contribution is 0.576. The number of rotatable bonds is 5. The van der Waals surface area contributed by atoms with Crippen molar-refractivity contribution in [3.63, 3.8) is 0 Å². The number of nitrogens with one attached hydrogen (secondary N) is 1. The summed E-state index contributed by atoms with van der Waals surface area (Å²) in [7, 11) is -1.85. The number of thiophene rings is 1. The Bertz CT molecular complexity index is 963. The maximum absolute atomic E-state index is 12.5. The molecule has 0 unspecified atom stereocenters. The van der Waals surface area contributed by atoms with Gasteiger partial charge in [0, 0.05) is 12.1 Å². The van der Waals surface area contributed by atoms with E-state index in [1.54, 1.807) is 48.2 Å². The van der Waals surface area contributed by atoms with Gasteiger partial charge in [0.15, 0.2) is 0 Å². The Labute approximate surface area is 150 Å². The van der Waals surface area contributed by atoms with Crippen molar-refractivity contribution in [2.24, 2.45) is 7.05 Å². The van der Waals surface area contributed by atoms with Crippen molar-refractivity contribution in [2.45, 2.75) is 18.4 Å². The molecule has 2 aromatic heterocycles. The van der Waals surface area contributed by atoms with Gasteiger partial charge in [-0.1, -0.05) is 23.7 Å². The average molecular weight is 382 g/mol. The van der Waals surface area contributed by atoms with E-state index in [1.165, 1.54) is 0 Å². The highest BCUT2D eigenvalue weighted by Crippen LogP contribution is 2.25. The van der Waals surface area contributed by atoms with Gasteiger partial charge in [0.25, 0.3) is 0 Å². The normalized spacial score (nSPS) is 11.8. The fourth-order valence-corrected chi connectivity index (χ4v) is 4.52. The summed E-state index contributed by atoms with van der Waals surface area (Å²) in [6.07, 6.45) is 0. The zero-order valence-electron chi connectivity index (χ0n) is 13.2. The summed E-state index contributed by atoms with van der Waals surface area (Å²) in [5.41, 5.74) is 2.15. The molecule has 0 radical (unpaired) electrons. The van der Waals surface area contributed by atoms with E-state index in [0.29, 0.717) is 10.6 Å². The van der Waals surface area contributed by atoms with Gasteiger partial charge < -0.3 is 0 Å². The number of hydrogen-bond acceptors (Lipinski definition) is 4. The second-order valence-electron chi connectivity index (χ2n) is 5.31. The summed E-state index contributed by atoms with van der Waals surface area (Å²) in [6.45, 7) is 1.85. The third-order valence-corrected chi connectivity index (χ3v) is 6.55. The highest BCUT2D eigenvalue weighted by Gasteiger charge is 2.19. The molecule has 8 heteroatoms. The molecule has 0 saturated carbocycles. The van der Waals surface area contributed by atoms with Gasteiger partial charge in [-0.25, -0.2) is 13.1 Å². The fraction of sp³-hybridized carbons (Fsp3) is 0.188. The van der Waals surface area contributed by atoms with E-state index in [4.69, 9.17) is 11.6 Å². The number of aryl methyl sites for hydroxylation is 1.